The van der Waals surface area contributed by atoms with E-state index in [-0.39, 0.29) is 5.41 Å². The van der Waals surface area contributed by atoms with Crippen molar-refractivity contribution in [1.82, 2.24) is 0 Å². The van der Waals surface area contributed by atoms with Crippen molar-refractivity contribution in [2.75, 3.05) is 13.2 Å². The van der Waals surface area contributed by atoms with Gasteiger partial charge in [-0.25, -0.2) is 8.78 Å². The summed E-state index contributed by atoms with van der Waals surface area (Å²) in [6.07, 6.45) is 1.17. The number of hydrogen-bond acceptors (Lipinski definition) is 2. The molecule has 1 heterocycles. The molecule has 110 valence electrons. The number of ether oxygens (including phenoxy) is 1. The van der Waals surface area contributed by atoms with Gasteiger partial charge in [0.1, 0.15) is 17.4 Å². The van der Waals surface area contributed by atoms with Gasteiger partial charge in [0.2, 0.25) is 0 Å². The minimum Gasteiger partial charge on any atom is -0.493 e. The summed E-state index contributed by atoms with van der Waals surface area (Å²) in [6.45, 7) is 0.829. The van der Waals surface area contributed by atoms with Crippen LogP contribution in [0.2, 0.25) is 0 Å². The number of hydrogen-bond donors (Lipinski definition) is 1. The lowest BCUT2D eigenvalue weighted by atomic mass is 9.75. The van der Waals surface area contributed by atoms with Crippen molar-refractivity contribution in [2.24, 2.45) is 11.1 Å². The first kappa shape index (κ1) is 14.0. The van der Waals surface area contributed by atoms with E-state index < -0.39 is 11.6 Å². The van der Waals surface area contributed by atoms with Crippen LogP contribution >= 0.6 is 0 Å². The second-order valence-electron chi connectivity index (χ2n) is 5.69. The molecule has 2 aromatic carbocycles. The molecule has 2 N–H and O–H groups in total. The first-order valence-corrected chi connectivity index (χ1v) is 6.97. The fourth-order valence-electron chi connectivity index (χ4n) is 2.86. The Morgan fingerprint density at radius 1 is 1.14 bits per heavy atom. The number of benzene rings is 2. The molecule has 0 fully saturated rings. The van der Waals surface area contributed by atoms with Crippen molar-refractivity contribution in [3.63, 3.8) is 0 Å². The largest absolute Gasteiger partial charge is 0.493 e. The predicted molar refractivity (Wildman–Crippen MR) is 77.2 cm³/mol. The van der Waals surface area contributed by atoms with Crippen molar-refractivity contribution in [3.8, 4) is 5.75 Å². The van der Waals surface area contributed by atoms with E-state index in [4.69, 9.17) is 10.5 Å². The van der Waals surface area contributed by atoms with E-state index in [9.17, 15) is 8.78 Å². The second kappa shape index (κ2) is 5.45. The molecule has 2 aromatic rings. The number of para-hydroxylation sites is 1. The highest BCUT2D eigenvalue weighted by atomic mass is 19.1. The molecule has 0 aromatic heterocycles. The van der Waals surface area contributed by atoms with Crippen LogP contribution in [0.5, 0.6) is 5.75 Å². The maximum absolute atomic E-state index is 13.9. The van der Waals surface area contributed by atoms with E-state index >= 15 is 0 Å². The first-order chi connectivity index (χ1) is 10.1. The summed E-state index contributed by atoms with van der Waals surface area (Å²) in [6, 6.07) is 11.5. The minimum absolute atomic E-state index is 0.354. The maximum Gasteiger partial charge on any atom is 0.129 e. The second-order valence-corrected chi connectivity index (χ2v) is 5.69. The minimum atomic E-state index is -0.566. The Morgan fingerprint density at radius 3 is 2.71 bits per heavy atom. The quantitative estimate of drug-likeness (QED) is 0.942. The smallest absolute Gasteiger partial charge is 0.129 e. The van der Waals surface area contributed by atoms with Crippen LogP contribution in [0.15, 0.2) is 42.5 Å². The number of rotatable bonds is 3. The highest BCUT2D eigenvalue weighted by molar-refractivity contribution is 5.37. The van der Waals surface area contributed by atoms with Crippen LogP contribution in [0.25, 0.3) is 0 Å². The molecule has 4 heteroatoms. The third-order valence-electron chi connectivity index (χ3n) is 4.09. The van der Waals surface area contributed by atoms with Crippen LogP contribution in [0.3, 0.4) is 0 Å². The Bertz CT molecular complexity index is 659. The number of nitrogens with two attached hydrogens (primary N) is 1. The molecular weight excluding hydrogens is 272 g/mol. The molecule has 1 unspecified atom stereocenters. The number of fused-ring (bicyclic) bond motifs is 1. The van der Waals surface area contributed by atoms with Gasteiger partial charge < -0.3 is 10.5 Å². The third kappa shape index (κ3) is 2.76. The Kier molecular flexibility index (Phi) is 3.64. The summed E-state index contributed by atoms with van der Waals surface area (Å²) in [5, 5.41) is 0. The molecule has 0 spiro atoms. The molecule has 0 radical (unpaired) electrons. The van der Waals surface area contributed by atoms with E-state index in [1.807, 2.05) is 24.3 Å². The van der Waals surface area contributed by atoms with Gasteiger partial charge in [-0.05, 0) is 36.1 Å². The van der Waals surface area contributed by atoms with Crippen molar-refractivity contribution < 1.29 is 13.5 Å². The topological polar surface area (TPSA) is 35.2 Å². The molecule has 21 heavy (non-hydrogen) atoms. The van der Waals surface area contributed by atoms with Crippen LogP contribution in [0, 0.1) is 17.0 Å². The molecule has 3 rings (SSSR count). The van der Waals surface area contributed by atoms with Gasteiger partial charge in [-0.3, -0.25) is 0 Å². The molecule has 1 aliphatic rings. The summed E-state index contributed by atoms with van der Waals surface area (Å²) >= 11 is 0. The number of halogens is 2. The Hall–Kier alpha value is -1.94. The van der Waals surface area contributed by atoms with Crippen molar-refractivity contribution >= 4 is 0 Å². The lowest BCUT2D eigenvalue weighted by molar-refractivity contribution is 0.125. The molecule has 0 saturated heterocycles. The van der Waals surface area contributed by atoms with E-state index in [0.29, 0.717) is 25.1 Å². The van der Waals surface area contributed by atoms with Crippen LogP contribution in [-0.4, -0.2) is 13.2 Å². The zero-order chi connectivity index (χ0) is 14.9. The van der Waals surface area contributed by atoms with Crippen LogP contribution < -0.4 is 10.5 Å². The van der Waals surface area contributed by atoms with Gasteiger partial charge in [-0.15, -0.1) is 0 Å². The van der Waals surface area contributed by atoms with Gasteiger partial charge in [0.05, 0.1) is 6.61 Å². The van der Waals surface area contributed by atoms with Gasteiger partial charge in [0.25, 0.3) is 0 Å². The molecule has 1 atom stereocenters. The average Bonchev–Trinajstić information content (AvgIpc) is 2.50. The van der Waals surface area contributed by atoms with E-state index in [1.54, 1.807) is 0 Å². The standard InChI is InChI=1S/C17H17F2NO/c18-14-6-5-12(15(19)7-14)8-17(10-20)9-13-3-1-2-4-16(13)21-11-17/h1-7H,8-11,20H2. The Labute approximate surface area is 122 Å². The fraction of sp³-hybridized carbons (Fsp3) is 0.294. The Balaban J connectivity index is 1.88. The van der Waals surface area contributed by atoms with E-state index in [1.165, 1.54) is 12.1 Å². The molecule has 0 amide bonds. The van der Waals surface area contributed by atoms with Crippen molar-refractivity contribution in [2.45, 2.75) is 12.8 Å². The zero-order valence-electron chi connectivity index (χ0n) is 11.6. The normalized spacial score (nSPS) is 20.7. The Morgan fingerprint density at radius 2 is 1.95 bits per heavy atom. The van der Waals surface area contributed by atoms with Crippen molar-refractivity contribution in [3.05, 3.63) is 65.2 Å². The van der Waals surface area contributed by atoms with E-state index in [0.717, 1.165) is 23.8 Å². The summed E-state index contributed by atoms with van der Waals surface area (Å²) in [4.78, 5) is 0. The summed E-state index contributed by atoms with van der Waals surface area (Å²) in [5.74, 6) is -0.230. The fourth-order valence-corrected chi connectivity index (χ4v) is 2.86. The summed E-state index contributed by atoms with van der Waals surface area (Å²) in [7, 11) is 0. The van der Waals surface area contributed by atoms with E-state index in [2.05, 4.69) is 0 Å². The molecule has 0 saturated carbocycles. The lowest BCUT2D eigenvalue weighted by Gasteiger charge is -2.37. The predicted octanol–water partition coefficient (Wildman–Crippen LogP) is 3.09. The van der Waals surface area contributed by atoms with Gasteiger partial charge in [-0.2, -0.15) is 0 Å². The van der Waals surface area contributed by atoms with Gasteiger partial charge >= 0.3 is 0 Å². The van der Waals surface area contributed by atoms with Gasteiger partial charge in [0, 0.05) is 18.0 Å². The third-order valence-corrected chi connectivity index (χ3v) is 4.09. The SMILES string of the molecule is NCC1(Cc2ccc(F)cc2F)COc2ccccc2C1. The summed E-state index contributed by atoms with van der Waals surface area (Å²) in [5.41, 5.74) is 7.15. The zero-order valence-corrected chi connectivity index (χ0v) is 11.6. The monoisotopic (exact) mass is 289 g/mol. The van der Waals surface area contributed by atoms with Gasteiger partial charge in [-0.1, -0.05) is 24.3 Å². The molecule has 1 aliphatic heterocycles. The molecule has 0 aliphatic carbocycles. The molecule has 0 bridgehead atoms. The first-order valence-electron chi connectivity index (χ1n) is 6.97. The highest BCUT2D eigenvalue weighted by Crippen LogP contribution is 2.36. The van der Waals surface area contributed by atoms with Gasteiger partial charge in [0.15, 0.2) is 0 Å². The van der Waals surface area contributed by atoms with Crippen LogP contribution in [0.4, 0.5) is 8.78 Å². The average molecular weight is 289 g/mol. The highest BCUT2D eigenvalue weighted by Gasteiger charge is 2.35. The maximum atomic E-state index is 13.9. The molecule has 2 nitrogen and oxygen atoms in total. The summed E-state index contributed by atoms with van der Waals surface area (Å²) < 4.78 is 32.7. The van der Waals surface area contributed by atoms with Crippen LogP contribution in [0.1, 0.15) is 11.1 Å². The molecular formula is C17H17F2NO. The lowest BCUT2D eigenvalue weighted by Crippen LogP contribution is -2.43. The van der Waals surface area contributed by atoms with Crippen LogP contribution in [-0.2, 0) is 12.8 Å². The van der Waals surface area contributed by atoms with Crippen molar-refractivity contribution in [1.29, 1.82) is 0 Å².